The van der Waals surface area contributed by atoms with Crippen molar-refractivity contribution in [2.45, 2.75) is 18.2 Å². The van der Waals surface area contributed by atoms with Gasteiger partial charge in [-0.3, -0.25) is 4.79 Å². The number of carbonyl (C=O) groups excluding carboxylic acids is 1. The van der Waals surface area contributed by atoms with Crippen molar-refractivity contribution in [3.8, 4) is 5.75 Å². The normalized spacial score (nSPS) is 11.9. The maximum absolute atomic E-state index is 12.2. The third-order valence-corrected chi connectivity index (χ3v) is 6.00. The molecule has 1 aromatic heterocycles. The Kier molecular flexibility index (Phi) is 5.60. The quantitative estimate of drug-likeness (QED) is 0.632. The average molecular weight is 373 g/mol. The second-order valence-electron chi connectivity index (χ2n) is 5.64. The molecule has 4 nitrogen and oxygen atoms in total. The van der Waals surface area contributed by atoms with Crippen LogP contribution in [0.15, 0.2) is 52.4 Å². The van der Waals surface area contributed by atoms with Crippen molar-refractivity contribution in [3.63, 3.8) is 0 Å². The molecule has 2 aromatic carbocycles. The van der Waals surface area contributed by atoms with Gasteiger partial charge in [0.05, 0.1) is 17.3 Å². The van der Waals surface area contributed by atoms with Gasteiger partial charge in [-0.05, 0) is 42.8 Å². The number of thiazole rings is 1. The van der Waals surface area contributed by atoms with E-state index in [1.54, 1.807) is 30.2 Å². The van der Waals surface area contributed by atoms with E-state index in [9.17, 15) is 4.79 Å². The molecule has 1 amide bonds. The third-order valence-electron chi connectivity index (χ3n) is 3.89. The van der Waals surface area contributed by atoms with Gasteiger partial charge < -0.3 is 9.30 Å². The number of hydrogen-bond acceptors (Lipinski definition) is 4. The highest BCUT2D eigenvalue weighted by Crippen LogP contribution is 2.22. The topological polar surface area (TPSA) is 43.6 Å². The average Bonchev–Trinajstić information content (AvgIpc) is 2.92. The van der Waals surface area contributed by atoms with Crippen molar-refractivity contribution in [1.82, 2.24) is 4.57 Å². The molecule has 25 heavy (non-hydrogen) atoms. The number of aromatic nitrogens is 1. The van der Waals surface area contributed by atoms with Crippen LogP contribution in [0.4, 0.5) is 0 Å². The summed E-state index contributed by atoms with van der Waals surface area (Å²) in [4.78, 5) is 18.4. The zero-order valence-corrected chi connectivity index (χ0v) is 16.1. The summed E-state index contributed by atoms with van der Waals surface area (Å²) in [7, 11) is 3.61. The highest BCUT2D eigenvalue weighted by atomic mass is 32.2. The van der Waals surface area contributed by atoms with E-state index < -0.39 is 0 Å². The van der Waals surface area contributed by atoms with Crippen LogP contribution >= 0.6 is 23.1 Å². The Morgan fingerprint density at radius 2 is 2.00 bits per heavy atom. The van der Waals surface area contributed by atoms with E-state index in [2.05, 4.69) is 24.0 Å². The van der Waals surface area contributed by atoms with Gasteiger partial charge in [-0.25, -0.2) is 0 Å². The number of benzene rings is 2. The second-order valence-corrected chi connectivity index (χ2v) is 7.82. The molecular formula is C19H20N2O2S2. The highest BCUT2D eigenvalue weighted by molar-refractivity contribution is 7.99. The number of fused-ring (bicyclic) bond motifs is 1. The molecule has 0 radical (unpaired) electrons. The first kappa shape index (κ1) is 17.8. The number of ether oxygens (including phenoxy) is 1. The molecule has 0 saturated heterocycles. The van der Waals surface area contributed by atoms with Gasteiger partial charge in [0.15, 0.2) is 4.80 Å². The molecule has 0 saturated carbocycles. The SMILES string of the molecule is COc1ccc(SCCC(=O)N=c2sc3cccc(C)c3n2C)cc1. The number of carbonyl (C=O) groups is 1. The summed E-state index contributed by atoms with van der Waals surface area (Å²) in [5.74, 6) is 1.46. The lowest BCUT2D eigenvalue weighted by Crippen LogP contribution is -2.13. The second kappa shape index (κ2) is 7.89. The van der Waals surface area contributed by atoms with Gasteiger partial charge in [0.1, 0.15) is 5.75 Å². The van der Waals surface area contributed by atoms with Gasteiger partial charge in [0.2, 0.25) is 5.91 Å². The van der Waals surface area contributed by atoms with Crippen LogP contribution in [0.2, 0.25) is 0 Å². The van der Waals surface area contributed by atoms with Crippen molar-refractivity contribution < 1.29 is 9.53 Å². The summed E-state index contributed by atoms with van der Waals surface area (Å²) < 4.78 is 8.30. The highest BCUT2D eigenvalue weighted by Gasteiger charge is 2.07. The van der Waals surface area contributed by atoms with Gasteiger partial charge in [-0.2, -0.15) is 4.99 Å². The molecule has 3 aromatic rings. The van der Waals surface area contributed by atoms with Crippen molar-refractivity contribution >= 4 is 39.2 Å². The van der Waals surface area contributed by atoms with E-state index in [1.165, 1.54) is 5.56 Å². The first-order chi connectivity index (χ1) is 12.1. The zero-order valence-electron chi connectivity index (χ0n) is 14.5. The van der Waals surface area contributed by atoms with Crippen LogP contribution in [0.3, 0.4) is 0 Å². The molecular weight excluding hydrogens is 352 g/mol. The Bertz CT molecular complexity index is 956. The molecule has 0 unspecified atom stereocenters. The first-order valence-corrected chi connectivity index (χ1v) is 9.78. The van der Waals surface area contributed by atoms with Crippen molar-refractivity contribution in [2.24, 2.45) is 12.0 Å². The lowest BCUT2D eigenvalue weighted by Gasteiger charge is -2.02. The minimum absolute atomic E-state index is 0.0826. The fourth-order valence-electron chi connectivity index (χ4n) is 2.60. The predicted octanol–water partition coefficient (Wildman–Crippen LogP) is 4.17. The lowest BCUT2D eigenvalue weighted by atomic mass is 10.2. The molecule has 0 fully saturated rings. The fourth-order valence-corrected chi connectivity index (χ4v) is 4.55. The Hall–Kier alpha value is -2.05. The van der Waals surface area contributed by atoms with E-state index >= 15 is 0 Å². The molecule has 6 heteroatoms. The number of methoxy groups -OCH3 is 1. The largest absolute Gasteiger partial charge is 0.497 e. The van der Waals surface area contributed by atoms with E-state index in [4.69, 9.17) is 4.74 Å². The number of hydrogen-bond donors (Lipinski definition) is 0. The van der Waals surface area contributed by atoms with Crippen LogP contribution in [-0.4, -0.2) is 23.3 Å². The molecule has 0 bridgehead atoms. The Balaban J connectivity index is 1.66. The Morgan fingerprint density at radius 3 is 2.68 bits per heavy atom. The summed E-state index contributed by atoms with van der Waals surface area (Å²) in [6.45, 7) is 2.08. The number of para-hydroxylation sites is 1. The van der Waals surface area contributed by atoms with Crippen LogP contribution in [-0.2, 0) is 11.8 Å². The number of thioether (sulfide) groups is 1. The van der Waals surface area contributed by atoms with Gasteiger partial charge in [-0.15, -0.1) is 11.8 Å². The molecule has 0 atom stereocenters. The van der Waals surface area contributed by atoms with Gasteiger partial charge in [0.25, 0.3) is 0 Å². The molecule has 0 aliphatic rings. The maximum Gasteiger partial charge on any atom is 0.249 e. The Morgan fingerprint density at radius 1 is 1.24 bits per heavy atom. The van der Waals surface area contributed by atoms with E-state index in [0.717, 1.165) is 25.7 Å². The smallest absolute Gasteiger partial charge is 0.249 e. The van der Waals surface area contributed by atoms with E-state index in [1.807, 2.05) is 41.9 Å². The van der Waals surface area contributed by atoms with E-state index in [0.29, 0.717) is 12.2 Å². The standard InChI is InChI=1S/C19H20N2O2S2/c1-13-5-4-6-16-18(13)21(2)19(25-16)20-17(22)11-12-24-15-9-7-14(23-3)8-10-15/h4-10H,11-12H2,1-3H3. The van der Waals surface area contributed by atoms with Crippen molar-refractivity contribution in [1.29, 1.82) is 0 Å². The zero-order chi connectivity index (χ0) is 17.8. The van der Waals surface area contributed by atoms with Gasteiger partial charge >= 0.3 is 0 Å². The molecule has 0 aliphatic carbocycles. The van der Waals surface area contributed by atoms with Crippen LogP contribution in [0.1, 0.15) is 12.0 Å². The van der Waals surface area contributed by atoms with Crippen molar-refractivity contribution in [2.75, 3.05) is 12.9 Å². The number of aryl methyl sites for hydroxylation is 2. The maximum atomic E-state index is 12.2. The van der Waals surface area contributed by atoms with Gasteiger partial charge in [0, 0.05) is 24.1 Å². The fraction of sp³-hybridized carbons (Fsp3) is 0.263. The predicted molar refractivity (Wildman–Crippen MR) is 104 cm³/mol. The summed E-state index contributed by atoms with van der Waals surface area (Å²) in [5.41, 5.74) is 2.34. The molecule has 130 valence electrons. The Labute approximate surface area is 155 Å². The van der Waals surface area contributed by atoms with Crippen molar-refractivity contribution in [3.05, 3.63) is 52.8 Å². The summed E-state index contributed by atoms with van der Waals surface area (Å²) in [5, 5.41) is 0. The number of rotatable bonds is 5. The summed E-state index contributed by atoms with van der Waals surface area (Å²) in [6, 6.07) is 14.0. The van der Waals surface area contributed by atoms with E-state index in [-0.39, 0.29) is 5.91 Å². The monoisotopic (exact) mass is 372 g/mol. The molecule has 1 heterocycles. The third kappa shape index (κ3) is 4.14. The van der Waals surface area contributed by atoms with Crippen LogP contribution in [0, 0.1) is 6.92 Å². The van der Waals surface area contributed by atoms with Crippen LogP contribution in [0.5, 0.6) is 5.75 Å². The summed E-state index contributed by atoms with van der Waals surface area (Å²) >= 11 is 3.21. The lowest BCUT2D eigenvalue weighted by molar-refractivity contribution is -0.117. The minimum atomic E-state index is -0.0826. The molecule has 3 rings (SSSR count). The minimum Gasteiger partial charge on any atom is -0.497 e. The molecule has 0 N–H and O–H groups in total. The molecule has 0 spiro atoms. The van der Waals surface area contributed by atoms with Gasteiger partial charge in [-0.1, -0.05) is 23.5 Å². The summed E-state index contributed by atoms with van der Waals surface area (Å²) in [6.07, 6.45) is 0.421. The molecule has 0 aliphatic heterocycles. The number of amides is 1. The first-order valence-electron chi connectivity index (χ1n) is 7.98. The van der Waals surface area contributed by atoms with Crippen LogP contribution in [0.25, 0.3) is 10.2 Å². The number of nitrogens with zero attached hydrogens (tertiary/aromatic N) is 2. The van der Waals surface area contributed by atoms with Crippen LogP contribution < -0.4 is 9.54 Å².